The second-order valence-electron chi connectivity index (χ2n) is 4.20. The third kappa shape index (κ3) is 2.07. The predicted molar refractivity (Wildman–Crippen MR) is 67.5 cm³/mol. The summed E-state index contributed by atoms with van der Waals surface area (Å²) >= 11 is 0. The van der Waals surface area contributed by atoms with Crippen LogP contribution in [0.25, 0.3) is 10.9 Å². The normalized spacial score (nSPS) is 12.3. The summed E-state index contributed by atoms with van der Waals surface area (Å²) in [6.07, 6.45) is 1.86. The Kier molecular flexibility index (Phi) is 3.06. The van der Waals surface area contributed by atoms with Gasteiger partial charge in [0.1, 0.15) is 6.04 Å². The maximum Gasteiger partial charge on any atom is 0.325 e. The van der Waals surface area contributed by atoms with Crippen molar-refractivity contribution in [3.8, 4) is 0 Å². The molecule has 1 aromatic heterocycles. The highest BCUT2D eigenvalue weighted by molar-refractivity contribution is 6.07. The highest BCUT2D eigenvalue weighted by atomic mass is 16.4. The molecule has 1 aromatic carbocycles. The van der Waals surface area contributed by atoms with E-state index in [9.17, 15) is 9.59 Å². The lowest BCUT2D eigenvalue weighted by molar-refractivity contribution is -0.138. The summed E-state index contributed by atoms with van der Waals surface area (Å²) in [6, 6.07) is 6.31. The van der Waals surface area contributed by atoms with E-state index in [4.69, 9.17) is 5.11 Å². The Morgan fingerprint density at radius 1 is 1.33 bits per heavy atom. The molecule has 5 nitrogen and oxygen atoms in total. The van der Waals surface area contributed by atoms with Crippen molar-refractivity contribution in [1.82, 2.24) is 9.88 Å². The van der Waals surface area contributed by atoms with Crippen LogP contribution in [0, 0.1) is 0 Å². The molecule has 18 heavy (non-hydrogen) atoms. The van der Waals surface area contributed by atoms with E-state index in [-0.39, 0.29) is 5.91 Å². The number of carboxylic acids is 1. The highest BCUT2D eigenvalue weighted by Crippen LogP contribution is 2.19. The smallest absolute Gasteiger partial charge is 0.325 e. The van der Waals surface area contributed by atoms with Crippen LogP contribution in [-0.4, -0.2) is 27.6 Å². The molecule has 0 spiro atoms. The molecule has 2 rings (SSSR count). The first-order chi connectivity index (χ1) is 8.50. The van der Waals surface area contributed by atoms with Gasteiger partial charge in [-0.1, -0.05) is 6.07 Å². The van der Waals surface area contributed by atoms with E-state index >= 15 is 0 Å². The number of aliphatic carboxylic acids is 1. The minimum Gasteiger partial charge on any atom is -0.480 e. The molecule has 0 aliphatic heterocycles. The number of carbonyl (C=O) groups is 2. The van der Waals surface area contributed by atoms with Gasteiger partial charge in [-0.2, -0.15) is 0 Å². The molecule has 0 aliphatic rings. The fraction of sp³-hybridized carbons (Fsp3) is 0.231. The van der Waals surface area contributed by atoms with Gasteiger partial charge in [-0.15, -0.1) is 0 Å². The van der Waals surface area contributed by atoms with Gasteiger partial charge in [-0.3, -0.25) is 9.59 Å². The molecular weight excluding hydrogens is 232 g/mol. The van der Waals surface area contributed by atoms with Crippen LogP contribution < -0.4 is 5.32 Å². The van der Waals surface area contributed by atoms with Gasteiger partial charge in [0.2, 0.25) is 0 Å². The van der Waals surface area contributed by atoms with Crippen molar-refractivity contribution in [2.45, 2.75) is 13.0 Å². The number of hydrogen-bond donors (Lipinski definition) is 2. The molecule has 1 amide bonds. The van der Waals surface area contributed by atoms with Gasteiger partial charge < -0.3 is 15.0 Å². The molecule has 94 valence electrons. The van der Waals surface area contributed by atoms with Crippen LogP contribution in [0.1, 0.15) is 17.3 Å². The zero-order chi connectivity index (χ0) is 13.3. The largest absolute Gasteiger partial charge is 0.480 e. The molecule has 0 saturated carbocycles. The summed E-state index contributed by atoms with van der Waals surface area (Å²) in [5, 5.41) is 12.0. The maximum atomic E-state index is 12.0. The van der Waals surface area contributed by atoms with E-state index in [1.54, 1.807) is 12.1 Å². The quantitative estimate of drug-likeness (QED) is 0.859. The SMILES string of the molecule is CC(NC(=O)c1cccc2c1ccn2C)C(=O)O. The lowest BCUT2D eigenvalue weighted by Gasteiger charge is -2.10. The van der Waals surface area contributed by atoms with Gasteiger partial charge in [0.15, 0.2) is 0 Å². The van der Waals surface area contributed by atoms with Crippen molar-refractivity contribution >= 4 is 22.8 Å². The first kappa shape index (κ1) is 12.2. The van der Waals surface area contributed by atoms with Gasteiger partial charge in [0.25, 0.3) is 5.91 Å². The molecule has 5 heteroatoms. The van der Waals surface area contributed by atoms with Crippen molar-refractivity contribution in [3.63, 3.8) is 0 Å². The second kappa shape index (κ2) is 4.52. The van der Waals surface area contributed by atoms with Crippen LogP contribution in [0.5, 0.6) is 0 Å². The number of nitrogens with one attached hydrogen (secondary N) is 1. The fourth-order valence-corrected chi connectivity index (χ4v) is 1.84. The third-order valence-corrected chi connectivity index (χ3v) is 2.89. The van der Waals surface area contributed by atoms with Gasteiger partial charge in [0.05, 0.1) is 0 Å². The summed E-state index contributed by atoms with van der Waals surface area (Å²) in [5.74, 6) is -1.43. The topological polar surface area (TPSA) is 71.3 Å². The summed E-state index contributed by atoms with van der Waals surface area (Å²) in [4.78, 5) is 22.7. The van der Waals surface area contributed by atoms with E-state index in [0.29, 0.717) is 5.56 Å². The summed E-state index contributed by atoms with van der Waals surface area (Å²) in [5.41, 5.74) is 1.42. The fourth-order valence-electron chi connectivity index (χ4n) is 1.84. The zero-order valence-corrected chi connectivity index (χ0v) is 10.2. The minimum absolute atomic E-state index is 0.373. The molecular formula is C13H14N2O3. The number of amides is 1. The molecule has 1 atom stereocenters. The lowest BCUT2D eigenvalue weighted by Crippen LogP contribution is -2.38. The van der Waals surface area contributed by atoms with Crippen LogP contribution in [0.15, 0.2) is 30.5 Å². The third-order valence-electron chi connectivity index (χ3n) is 2.89. The monoisotopic (exact) mass is 246 g/mol. The summed E-state index contributed by atoms with van der Waals surface area (Å²) in [6.45, 7) is 1.44. The first-order valence-electron chi connectivity index (χ1n) is 5.58. The molecule has 0 saturated heterocycles. The number of carboxylic acid groups (broad SMARTS) is 1. The number of rotatable bonds is 3. The maximum absolute atomic E-state index is 12.0. The Morgan fingerprint density at radius 2 is 2.06 bits per heavy atom. The molecule has 1 heterocycles. The molecule has 0 aliphatic carbocycles. The number of hydrogen-bond acceptors (Lipinski definition) is 2. The van der Waals surface area contributed by atoms with Crippen LogP contribution in [0.3, 0.4) is 0 Å². The average Bonchev–Trinajstić information content (AvgIpc) is 2.71. The Bertz CT molecular complexity index is 616. The van der Waals surface area contributed by atoms with Crippen molar-refractivity contribution in [3.05, 3.63) is 36.0 Å². The Balaban J connectivity index is 2.36. The van der Waals surface area contributed by atoms with Crippen LogP contribution in [0.4, 0.5) is 0 Å². The van der Waals surface area contributed by atoms with Gasteiger partial charge in [0, 0.05) is 29.7 Å². The Morgan fingerprint density at radius 3 is 2.72 bits per heavy atom. The number of nitrogens with zero attached hydrogens (tertiary/aromatic N) is 1. The number of fused-ring (bicyclic) bond motifs is 1. The average molecular weight is 246 g/mol. The van der Waals surface area contributed by atoms with Crippen LogP contribution in [0.2, 0.25) is 0 Å². The van der Waals surface area contributed by atoms with Crippen LogP contribution >= 0.6 is 0 Å². The zero-order valence-electron chi connectivity index (χ0n) is 10.2. The van der Waals surface area contributed by atoms with Crippen molar-refractivity contribution in [2.24, 2.45) is 7.05 Å². The van der Waals surface area contributed by atoms with E-state index in [2.05, 4.69) is 5.32 Å². The standard InChI is InChI=1S/C13H14N2O3/c1-8(13(17)18)14-12(16)10-4-3-5-11-9(10)6-7-15(11)2/h3-8H,1-2H3,(H,14,16)(H,17,18). The van der Waals surface area contributed by atoms with Crippen molar-refractivity contribution in [1.29, 1.82) is 0 Å². The number of benzene rings is 1. The number of carbonyl (C=O) groups excluding carboxylic acids is 1. The van der Waals surface area contributed by atoms with Gasteiger partial charge >= 0.3 is 5.97 Å². The molecule has 0 bridgehead atoms. The Labute approximate surface area is 104 Å². The molecule has 2 N–H and O–H groups in total. The van der Waals surface area contributed by atoms with E-state index in [0.717, 1.165) is 10.9 Å². The van der Waals surface area contributed by atoms with Crippen molar-refractivity contribution in [2.75, 3.05) is 0 Å². The first-order valence-corrected chi connectivity index (χ1v) is 5.58. The lowest BCUT2D eigenvalue weighted by atomic mass is 10.1. The van der Waals surface area contributed by atoms with E-state index in [1.807, 2.05) is 29.9 Å². The molecule has 0 fully saturated rings. The van der Waals surface area contributed by atoms with Crippen LogP contribution in [-0.2, 0) is 11.8 Å². The molecule has 1 unspecified atom stereocenters. The van der Waals surface area contributed by atoms with Gasteiger partial charge in [-0.25, -0.2) is 0 Å². The Hall–Kier alpha value is -2.30. The highest BCUT2D eigenvalue weighted by Gasteiger charge is 2.17. The summed E-state index contributed by atoms with van der Waals surface area (Å²) < 4.78 is 1.91. The molecule has 0 radical (unpaired) electrons. The van der Waals surface area contributed by atoms with E-state index in [1.165, 1.54) is 6.92 Å². The van der Waals surface area contributed by atoms with Crippen molar-refractivity contribution < 1.29 is 14.7 Å². The summed E-state index contributed by atoms with van der Waals surface area (Å²) in [7, 11) is 1.89. The number of aromatic nitrogens is 1. The number of aryl methyl sites for hydroxylation is 1. The minimum atomic E-state index is -1.05. The van der Waals surface area contributed by atoms with Gasteiger partial charge in [-0.05, 0) is 25.1 Å². The second-order valence-corrected chi connectivity index (χ2v) is 4.20. The molecule has 2 aromatic rings. The van der Waals surface area contributed by atoms with E-state index < -0.39 is 12.0 Å². The predicted octanol–water partition coefficient (Wildman–Crippen LogP) is 1.38.